The standard InChI is InChI=1S/C16H22ClN3/c1-3-12-4-6-13(7-5-12)20-14(10-17)19-15-11(2)8-9-18-16(15)20/h8-9,12-13H,3-7,10H2,1-2H3. The average molecular weight is 292 g/mol. The van der Waals surface area contributed by atoms with Gasteiger partial charge in [0.15, 0.2) is 5.65 Å². The maximum absolute atomic E-state index is 6.12. The van der Waals surface area contributed by atoms with Crippen molar-refractivity contribution in [1.82, 2.24) is 14.5 Å². The normalized spacial score (nSPS) is 23.4. The van der Waals surface area contributed by atoms with Crippen molar-refractivity contribution in [3.8, 4) is 0 Å². The molecule has 0 saturated heterocycles. The van der Waals surface area contributed by atoms with Crippen LogP contribution >= 0.6 is 11.6 Å². The van der Waals surface area contributed by atoms with Crippen molar-refractivity contribution in [2.45, 2.75) is 57.9 Å². The summed E-state index contributed by atoms with van der Waals surface area (Å²) in [6.45, 7) is 4.39. The fourth-order valence-corrected chi connectivity index (χ4v) is 3.63. The predicted molar refractivity (Wildman–Crippen MR) is 83.1 cm³/mol. The van der Waals surface area contributed by atoms with Gasteiger partial charge in [0.25, 0.3) is 0 Å². The van der Waals surface area contributed by atoms with Gasteiger partial charge in [0, 0.05) is 12.2 Å². The van der Waals surface area contributed by atoms with E-state index in [1.165, 1.54) is 37.7 Å². The van der Waals surface area contributed by atoms with Gasteiger partial charge in [-0.25, -0.2) is 9.97 Å². The van der Waals surface area contributed by atoms with Gasteiger partial charge >= 0.3 is 0 Å². The lowest BCUT2D eigenvalue weighted by atomic mass is 9.84. The minimum atomic E-state index is 0.462. The second-order valence-corrected chi connectivity index (χ2v) is 6.18. The van der Waals surface area contributed by atoms with E-state index < -0.39 is 0 Å². The number of alkyl halides is 1. The molecule has 0 radical (unpaired) electrons. The smallest absolute Gasteiger partial charge is 0.160 e. The number of fused-ring (bicyclic) bond motifs is 1. The average Bonchev–Trinajstić information content (AvgIpc) is 2.87. The molecule has 1 fully saturated rings. The second kappa shape index (κ2) is 5.72. The molecule has 3 rings (SSSR count). The fraction of sp³-hybridized carbons (Fsp3) is 0.625. The first-order chi connectivity index (χ1) is 9.74. The number of halogens is 1. The van der Waals surface area contributed by atoms with Gasteiger partial charge in [0.2, 0.25) is 0 Å². The van der Waals surface area contributed by atoms with Gasteiger partial charge < -0.3 is 4.57 Å². The van der Waals surface area contributed by atoms with Gasteiger partial charge in [-0.2, -0.15) is 0 Å². The zero-order valence-electron chi connectivity index (χ0n) is 12.3. The van der Waals surface area contributed by atoms with Crippen molar-refractivity contribution in [1.29, 1.82) is 0 Å². The van der Waals surface area contributed by atoms with Crippen molar-refractivity contribution < 1.29 is 0 Å². The molecular formula is C16H22ClN3. The molecule has 0 bridgehead atoms. The molecule has 0 N–H and O–H groups in total. The number of nitrogens with zero attached hydrogens (tertiary/aromatic N) is 3. The van der Waals surface area contributed by atoms with Crippen LogP contribution in [0.2, 0.25) is 0 Å². The Morgan fingerprint density at radius 2 is 2.05 bits per heavy atom. The Kier molecular flexibility index (Phi) is 3.97. The molecule has 0 spiro atoms. The van der Waals surface area contributed by atoms with Gasteiger partial charge in [0.05, 0.1) is 5.88 Å². The van der Waals surface area contributed by atoms with Gasteiger partial charge in [-0.15, -0.1) is 11.6 Å². The highest BCUT2D eigenvalue weighted by molar-refractivity contribution is 6.16. The Balaban J connectivity index is 2.00. The second-order valence-electron chi connectivity index (χ2n) is 5.91. The monoisotopic (exact) mass is 291 g/mol. The van der Waals surface area contributed by atoms with Crippen LogP contribution < -0.4 is 0 Å². The van der Waals surface area contributed by atoms with E-state index in [1.54, 1.807) is 0 Å². The summed E-state index contributed by atoms with van der Waals surface area (Å²) in [6.07, 6.45) is 8.26. The van der Waals surface area contributed by atoms with E-state index in [-0.39, 0.29) is 0 Å². The first kappa shape index (κ1) is 13.9. The molecule has 0 unspecified atom stereocenters. The first-order valence-electron chi connectivity index (χ1n) is 7.63. The molecule has 1 aliphatic rings. The van der Waals surface area contributed by atoms with Crippen LogP contribution in [0.25, 0.3) is 11.2 Å². The number of rotatable bonds is 3. The van der Waals surface area contributed by atoms with Crippen molar-refractivity contribution in [2.75, 3.05) is 0 Å². The lowest BCUT2D eigenvalue weighted by Crippen LogP contribution is -2.19. The van der Waals surface area contributed by atoms with Gasteiger partial charge in [-0.1, -0.05) is 13.3 Å². The lowest BCUT2D eigenvalue weighted by Gasteiger charge is -2.29. The van der Waals surface area contributed by atoms with Gasteiger partial charge in [-0.05, 0) is 50.2 Å². The minimum Gasteiger partial charge on any atom is -0.309 e. The molecule has 3 nitrogen and oxygen atoms in total. The van der Waals surface area contributed by atoms with E-state index in [0.717, 1.165) is 22.9 Å². The third kappa shape index (κ3) is 2.32. The summed E-state index contributed by atoms with van der Waals surface area (Å²) in [5, 5.41) is 0. The topological polar surface area (TPSA) is 30.7 Å². The SMILES string of the molecule is CCC1CCC(n2c(CCl)nc3c(C)ccnc32)CC1. The van der Waals surface area contributed by atoms with Crippen LogP contribution in [0.15, 0.2) is 12.3 Å². The molecule has 4 heteroatoms. The lowest BCUT2D eigenvalue weighted by molar-refractivity contribution is 0.270. The van der Waals surface area contributed by atoms with Crippen LogP contribution in [-0.2, 0) is 5.88 Å². The highest BCUT2D eigenvalue weighted by atomic mass is 35.5. The minimum absolute atomic E-state index is 0.462. The molecule has 2 heterocycles. The van der Waals surface area contributed by atoms with Crippen molar-refractivity contribution >= 4 is 22.8 Å². The Morgan fingerprint density at radius 3 is 2.70 bits per heavy atom. The van der Waals surface area contributed by atoms with Crippen LogP contribution in [0.1, 0.15) is 56.5 Å². The van der Waals surface area contributed by atoms with E-state index in [1.807, 2.05) is 12.3 Å². The summed E-state index contributed by atoms with van der Waals surface area (Å²) >= 11 is 6.12. The number of aromatic nitrogens is 3. The molecule has 0 atom stereocenters. The summed E-state index contributed by atoms with van der Waals surface area (Å²) < 4.78 is 2.31. The number of aryl methyl sites for hydroxylation is 1. The summed E-state index contributed by atoms with van der Waals surface area (Å²) in [5.74, 6) is 2.34. The molecule has 1 saturated carbocycles. The highest BCUT2D eigenvalue weighted by Gasteiger charge is 2.25. The molecule has 1 aliphatic carbocycles. The summed E-state index contributed by atoms with van der Waals surface area (Å²) in [4.78, 5) is 9.28. The van der Waals surface area contributed by atoms with E-state index >= 15 is 0 Å². The Morgan fingerprint density at radius 1 is 1.30 bits per heavy atom. The third-order valence-corrected chi connectivity index (χ3v) is 4.97. The number of hydrogen-bond donors (Lipinski definition) is 0. The van der Waals surface area contributed by atoms with Crippen LogP contribution in [0, 0.1) is 12.8 Å². The zero-order valence-corrected chi connectivity index (χ0v) is 13.0. The van der Waals surface area contributed by atoms with E-state index in [2.05, 4.69) is 23.4 Å². The maximum atomic E-state index is 6.12. The number of pyridine rings is 1. The number of imidazole rings is 1. The fourth-order valence-electron chi connectivity index (χ4n) is 3.44. The molecule has 108 valence electrons. The third-order valence-electron chi connectivity index (χ3n) is 4.73. The van der Waals surface area contributed by atoms with Crippen LogP contribution in [0.5, 0.6) is 0 Å². The van der Waals surface area contributed by atoms with Gasteiger partial charge in [-0.3, -0.25) is 0 Å². The highest BCUT2D eigenvalue weighted by Crippen LogP contribution is 2.36. The van der Waals surface area contributed by atoms with Gasteiger partial charge in [0.1, 0.15) is 11.3 Å². The molecule has 20 heavy (non-hydrogen) atoms. The molecule has 2 aromatic rings. The van der Waals surface area contributed by atoms with E-state index in [0.29, 0.717) is 11.9 Å². The van der Waals surface area contributed by atoms with E-state index in [9.17, 15) is 0 Å². The van der Waals surface area contributed by atoms with Crippen LogP contribution in [-0.4, -0.2) is 14.5 Å². The molecule has 2 aromatic heterocycles. The number of hydrogen-bond acceptors (Lipinski definition) is 2. The molecule has 0 aliphatic heterocycles. The van der Waals surface area contributed by atoms with Crippen LogP contribution in [0.4, 0.5) is 0 Å². The maximum Gasteiger partial charge on any atom is 0.160 e. The quantitative estimate of drug-likeness (QED) is 0.773. The molecular weight excluding hydrogens is 270 g/mol. The largest absolute Gasteiger partial charge is 0.309 e. The summed E-state index contributed by atoms with van der Waals surface area (Å²) in [6, 6.07) is 2.54. The first-order valence-corrected chi connectivity index (χ1v) is 8.16. The van der Waals surface area contributed by atoms with Crippen molar-refractivity contribution in [3.63, 3.8) is 0 Å². The summed E-state index contributed by atoms with van der Waals surface area (Å²) in [5.41, 5.74) is 3.21. The Hall–Kier alpha value is -1.09. The zero-order chi connectivity index (χ0) is 14.1. The predicted octanol–water partition coefficient (Wildman–Crippen LogP) is 4.62. The Bertz CT molecular complexity index is 597. The van der Waals surface area contributed by atoms with Crippen molar-refractivity contribution in [3.05, 3.63) is 23.7 Å². The molecule has 0 aromatic carbocycles. The summed E-state index contributed by atoms with van der Waals surface area (Å²) in [7, 11) is 0. The van der Waals surface area contributed by atoms with E-state index in [4.69, 9.17) is 16.6 Å². The van der Waals surface area contributed by atoms with Crippen LogP contribution in [0.3, 0.4) is 0 Å². The van der Waals surface area contributed by atoms with Crippen molar-refractivity contribution in [2.24, 2.45) is 5.92 Å². The molecule has 0 amide bonds. The Labute approximate surface area is 125 Å².